The summed E-state index contributed by atoms with van der Waals surface area (Å²) in [4.78, 5) is 8.46. The molecule has 1 heterocycles. The number of methoxy groups -OCH3 is 1. The first-order valence-electron chi connectivity index (χ1n) is 11.1. The Bertz CT molecular complexity index is 1320. The molecule has 192 valence electrons. The molecular formula is C26H27F4N3O3. The number of rotatable bonds is 9. The van der Waals surface area contributed by atoms with Crippen LogP contribution in [0.15, 0.2) is 24.3 Å². The van der Waals surface area contributed by atoms with Gasteiger partial charge >= 0.3 is 5.92 Å². The third-order valence-corrected chi connectivity index (χ3v) is 5.65. The molecule has 0 saturated heterocycles. The minimum atomic E-state index is -3.85. The molecule has 10 heteroatoms. The third-order valence-electron chi connectivity index (χ3n) is 5.65. The number of benzene rings is 2. The second-order valence-corrected chi connectivity index (χ2v) is 8.77. The SMILES string of the molecule is C#Cc1c(OCCOC)cc2c(NC(C)c3cccc(C(F)(F)C(C)(C)O)c3F)nc(C)nc2c1F. The zero-order valence-electron chi connectivity index (χ0n) is 20.5. The predicted octanol–water partition coefficient (Wildman–Crippen LogP) is 5.26. The van der Waals surface area contributed by atoms with Crippen LogP contribution in [0.3, 0.4) is 0 Å². The molecule has 1 aromatic heterocycles. The lowest BCUT2D eigenvalue weighted by atomic mass is 9.91. The predicted molar refractivity (Wildman–Crippen MR) is 128 cm³/mol. The largest absolute Gasteiger partial charge is 0.490 e. The number of fused-ring (bicyclic) bond motifs is 1. The van der Waals surface area contributed by atoms with Gasteiger partial charge in [0, 0.05) is 18.1 Å². The topological polar surface area (TPSA) is 76.5 Å². The molecule has 0 aliphatic rings. The summed E-state index contributed by atoms with van der Waals surface area (Å²) in [5.41, 5.74) is -3.73. The first kappa shape index (κ1) is 27.2. The van der Waals surface area contributed by atoms with E-state index >= 15 is 8.78 Å². The second-order valence-electron chi connectivity index (χ2n) is 8.77. The Labute approximate surface area is 206 Å². The van der Waals surface area contributed by atoms with Crippen LogP contribution < -0.4 is 10.1 Å². The molecule has 0 radical (unpaired) electrons. The fourth-order valence-electron chi connectivity index (χ4n) is 3.65. The maximum atomic E-state index is 15.3. The van der Waals surface area contributed by atoms with Crippen LogP contribution >= 0.6 is 0 Å². The smallest absolute Gasteiger partial charge is 0.303 e. The zero-order valence-corrected chi connectivity index (χ0v) is 20.5. The van der Waals surface area contributed by atoms with Crippen molar-refractivity contribution in [2.45, 2.75) is 45.3 Å². The van der Waals surface area contributed by atoms with Crippen molar-refractivity contribution >= 4 is 16.7 Å². The maximum absolute atomic E-state index is 15.3. The first-order valence-corrected chi connectivity index (χ1v) is 11.1. The third kappa shape index (κ3) is 5.08. The van der Waals surface area contributed by atoms with Crippen molar-refractivity contribution in [1.82, 2.24) is 9.97 Å². The van der Waals surface area contributed by atoms with Crippen molar-refractivity contribution in [3.05, 3.63) is 58.4 Å². The highest BCUT2D eigenvalue weighted by Crippen LogP contribution is 2.41. The Kier molecular flexibility index (Phi) is 7.76. The lowest BCUT2D eigenvalue weighted by Crippen LogP contribution is -2.41. The summed E-state index contributed by atoms with van der Waals surface area (Å²) < 4.78 is 70.5. The van der Waals surface area contributed by atoms with Crippen LogP contribution in [0, 0.1) is 30.9 Å². The molecule has 1 atom stereocenters. The van der Waals surface area contributed by atoms with Gasteiger partial charge in [0.05, 0.1) is 18.2 Å². The fraction of sp³-hybridized carbons (Fsp3) is 0.385. The van der Waals surface area contributed by atoms with Gasteiger partial charge in [-0.25, -0.2) is 18.7 Å². The number of nitrogens with zero attached hydrogens (tertiary/aromatic N) is 2. The summed E-state index contributed by atoms with van der Waals surface area (Å²) in [5.74, 6) is -3.15. The number of nitrogens with one attached hydrogen (secondary N) is 1. The summed E-state index contributed by atoms with van der Waals surface area (Å²) >= 11 is 0. The average Bonchev–Trinajstić information content (AvgIpc) is 2.79. The Balaban J connectivity index is 2.09. The average molecular weight is 506 g/mol. The minimum absolute atomic E-state index is 0.0701. The number of aromatic nitrogens is 2. The molecule has 1 unspecified atom stereocenters. The van der Waals surface area contributed by atoms with Crippen molar-refractivity contribution in [2.75, 3.05) is 25.6 Å². The summed E-state index contributed by atoms with van der Waals surface area (Å²) in [7, 11) is 1.48. The summed E-state index contributed by atoms with van der Waals surface area (Å²) in [6.45, 7) is 5.23. The van der Waals surface area contributed by atoms with Crippen LogP contribution in [0.5, 0.6) is 5.75 Å². The molecule has 3 aromatic rings. The number of aliphatic hydroxyl groups is 1. The van der Waals surface area contributed by atoms with Gasteiger partial charge in [-0.3, -0.25) is 0 Å². The fourth-order valence-corrected chi connectivity index (χ4v) is 3.65. The van der Waals surface area contributed by atoms with Crippen molar-refractivity contribution in [2.24, 2.45) is 0 Å². The Morgan fingerprint density at radius 3 is 2.47 bits per heavy atom. The van der Waals surface area contributed by atoms with Crippen LogP contribution in [-0.2, 0) is 10.7 Å². The van der Waals surface area contributed by atoms with Crippen molar-refractivity contribution in [3.63, 3.8) is 0 Å². The molecule has 2 N–H and O–H groups in total. The number of aryl methyl sites for hydroxylation is 1. The molecule has 2 aromatic carbocycles. The van der Waals surface area contributed by atoms with E-state index in [1.165, 1.54) is 32.2 Å². The van der Waals surface area contributed by atoms with Gasteiger partial charge in [-0.05, 0) is 39.8 Å². The van der Waals surface area contributed by atoms with E-state index in [4.69, 9.17) is 15.9 Å². The van der Waals surface area contributed by atoms with Crippen molar-refractivity contribution < 1.29 is 32.1 Å². The van der Waals surface area contributed by atoms with E-state index in [-0.39, 0.29) is 52.6 Å². The maximum Gasteiger partial charge on any atom is 0.303 e. The van der Waals surface area contributed by atoms with Crippen LogP contribution in [0.1, 0.15) is 49.3 Å². The highest BCUT2D eigenvalue weighted by Gasteiger charge is 2.49. The van der Waals surface area contributed by atoms with Gasteiger partial charge in [-0.2, -0.15) is 8.78 Å². The lowest BCUT2D eigenvalue weighted by Gasteiger charge is -2.30. The standard InChI is InChI=1S/C26H27F4N3O3/c1-7-16-20(36-12-11-35-6)13-18-23(22(16)28)32-15(3)33-24(18)31-14(2)17-9-8-10-19(21(17)27)26(29,30)25(4,5)34/h1,8-10,13-14,34H,11-12H2,2-6H3,(H,31,32,33). The van der Waals surface area contributed by atoms with E-state index in [0.29, 0.717) is 0 Å². The van der Waals surface area contributed by atoms with Crippen molar-refractivity contribution in [3.8, 4) is 18.1 Å². The quantitative estimate of drug-likeness (QED) is 0.235. The van der Waals surface area contributed by atoms with E-state index in [9.17, 15) is 13.9 Å². The molecule has 0 spiro atoms. The van der Waals surface area contributed by atoms with Gasteiger partial charge in [0.25, 0.3) is 0 Å². The number of hydrogen-bond donors (Lipinski definition) is 2. The minimum Gasteiger partial charge on any atom is -0.490 e. The van der Waals surface area contributed by atoms with E-state index < -0.39 is 34.8 Å². The molecule has 0 amide bonds. The lowest BCUT2D eigenvalue weighted by molar-refractivity contribution is -0.170. The van der Waals surface area contributed by atoms with Gasteiger partial charge < -0.3 is 19.9 Å². The molecule has 0 aliphatic heterocycles. The molecule has 0 bridgehead atoms. The number of halogens is 4. The summed E-state index contributed by atoms with van der Waals surface area (Å²) in [6.07, 6.45) is 5.49. The molecular weight excluding hydrogens is 478 g/mol. The monoisotopic (exact) mass is 505 g/mol. The van der Waals surface area contributed by atoms with E-state index in [1.807, 2.05) is 0 Å². The van der Waals surface area contributed by atoms with Gasteiger partial charge in [0.15, 0.2) is 5.82 Å². The number of terminal acetylenes is 1. The molecule has 0 saturated carbocycles. The van der Waals surface area contributed by atoms with Crippen molar-refractivity contribution in [1.29, 1.82) is 0 Å². The number of hydrogen-bond acceptors (Lipinski definition) is 6. The first-order chi connectivity index (χ1) is 16.8. The van der Waals surface area contributed by atoms with Gasteiger partial charge in [0.2, 0.25) is 0 Å². The van der Waals surface area contributed by atoms with Crippen LogP contribution in [0.25, 0.3) is 10.9 Å². The molecule has 6 nitrogen and oxygen atoms in total. The van der Waals surface area contributed by atoms with Gasteiger partial charge in [0.1, 0.15) is 46.5 Å². The Hall–Kier alpha value is -3.42. The Morgan fingerprint density at radius 2 is 1.86 bits per heavy atom. The molecule has 3 rings (SSSR count). The molecule has 0 aliphatic carbocycles. The highest BCUT2D eigenvalue weighted by atomic mass is 19.3. The van der Waals surface area contributed by atoms with Gasteiger partial charge in [-0.15, -0.1) is 6.42 Å². The summed E-state index contributed by atoms with van der Waals surface area (Å²) in [6, 6.07) is 4.12. The van der Waals surface area contributed by atoms with Crippen LogP contribution in [0.4, 0.5) is 23.4 Å². The highest BCUT2D eigenvalue weighted by molar-refractivity contribution is 5.92. The normalized spacial score (nSPS) is 12.9. The second kappa shape index (κ2) is 10.3. The van der Waals surface area contributed by atoms with Crippen LogP contribution in [-0.4, -0.2) is 41.0 Å². The van der Waals surface area contributed by atoms with Crippen LogP contribution in [0.2, 0.25) is 0 Å². The zero-order chi connectivity index (χ0) is 26.8. The molecule has 0 fully saturated rings. The van der Waals surface area contributed by atoms with E-state index in [0.717, 1.165) is 19.9 Å². The number of ether oxygens (including phenoxy) is 2. The Morgan fingerprint density at radius 1 is 1.17 bits per heavy atom. The van der Waals surface area contributed by atoms with Gasteiger partial charge in [-0.1, -0.05) is 18.1 Å². The van der Waals surface area contributed by atoms with E-state index in [1.54, 1.807) is 6.92 Å². The molecule has 36 heavy (non-hydrogen) atoms. The number of alkyl halides is 2. The number of anilines is 1. The van der Waals surface area contributed by atoms with E-state index in [2.05, 4.69) is 21.2 Å². The summed E-state index contributed by atoms with van der Waals surface area (Å²) in [5, 5.41) is 13.1.